The summed E-state index contributed by atoms with van der Waals surface area (Å²) in [4.78, 5) is -0.591. The second kappa shape index (κ2) is 7.00. The molecule has 0 aliphatic carbocycles. The van der Waals surface area contributed by atoms with Crippen molar-refractivity contribution < 1.29 is 17.2 Å². The van der Waals surface area contributed by atoms with Crippen LogP contribution in [0.2, 0.25) is 0 Å². The molecule has 2 rings (SSSR count). The zero-order valence-corrected chi connectivity index (χ0v) is 13.3. The minimum atomic E-state index is -3.99. The lowest BCUT2D eigenvalue weighted by atomic mass is 9.99. The predicted octanol–water partition coefficient (Wildman–Crippen LogP) is 2.05. The third-order valence-electron chi connectivity index (χ3n) is 3.74. The molecule has 1 heterocycles. The summed E-state index contributed by atoms with van der Waals surface area (Å²) in [5, 5.41) is 0. The zero-order chi connectivity index (χ0) is 14.9. The number of hydrogen-bond donors (Lipinski definition) is 1. The van der Waals surface area contributed by atoms with Crippen molar-refractivity contribution in [1.29, 1.82) is 0 Å². The third kappa shape index (κ3) is 3.71. The van der Waals surface area contributed by atoms with Crippen LogP contribution in [0, 0.1) is 24.5 Å². The Morgan fingerprint density at radius 3 is 2.33 bits per heavy atom. The summed E-state index contributed by atoms with van der Waals surface area (Å²) in [6.45, 7) is 2.49. The van der Waals surface area contributed by atoms with Crippen LogP contribution in [-0.2, 0) is 10.0 Å². The second-order valence-electron chi connectivity index (χ2n) is 5.11. The van der Waals surface area contributed by atoms with E-state index in [1.165, 1.54) is 11.2 Å². The number of aryl methyl sites for hydroxylation is 1. The molecule has 120 valence electrons. The van der Waals surface area contributed by atoms with Gasteiger partial charge in [0.15, 0.2) is 0 Å². The highest BCUT2D eigenvalue weighted by Crippen LogP contribution is 2.26. The third-order valence-corrected chi connectivity index (χ3v) is 5.65. The van der Waals surface area contributed by atoms with Gasteiger partial charge in [0.05, 0.1) is 0 Å². The Labute approximate surface area is 129 Å². The highest BCUT2D eigenvalue weighted by atomic mass is 35.5. The lowest BCUT2D eigenvalue weighted by Crippen LogP contribution is -2.40. The quantitative estimate of drug-likeness (QED) is 0.916. The fourth-order valence-corrected chi connectivity index (χ4v) is 3.88. The Balaban J connectivity index is 0.00000220. The van der Waals surface area contributed by atoms with E-state index in [0.29, 0.717) is 38.4 Å². The van der Waals surface area contributed by atoms with Gasteiger partial charge in [-0.15, -0.1) is 12.4 Å². The van der Waals surface area contributed by atoms with E-state index in [1.807, 2.05) is 0 Å². The normalized spacial score (nSPS) is 17.5. The highest BCUT2D eigenvalue weighted by Gasteiger charge is 2.31. The molecule has 0 unspecified atom stereocenters. The number of halogens is 3. The molecule has 2 N–H and O–H groups in total. The van der Waals surface area contributed by atoms with Gasteiger partial charge in [0, 0.05) is 13.1 Å². The van der Waals surface area contributed by atoms with Crippen LogP contribution in [0.1, 0.15) is 18.4 Å². The van der Waals surface area contributed by atoms with E-state index in [-0.39, 0.29) is 18.0 Å². The molecule has 0 radical (unpaired) electrons. The van der Waals surface area contributed by atoms with E-state index < -0.39 is 26.6 Å². The van der Waals surface area contributed by atoms with Crippen LogP contribution >= 0.6 is 12.4 Å². The number of nitrogens with zero attached hydrogens (tertiary/aromatic N) is 1. The van der Waals surface area contributed by atoms with Crippen LogP contribution in [-0.4, -0.2) is 32.4 Å². The van der Waals surface area contributed by atoms with Gasteiger partial charge < -0.3 is 5.73 Å². The topological polar surface area (TPSA) is 63.4 Å². The molecule has 0 aromatic heterocycles. The summed E-state index contributed by atoms with van der Waals surface area (Å²) in [6.07, 6.45) is 1.29. The molecule has 8 heteroatoms. The first-order valence-corrected chi connectivity index (χ1v) is 7.96. The Morgan fingerprint density at radius 2 is 1.81 bits per heavy atom. The molecular weight excluding hydrogens is 322 g/mol. The molecule has 0 spiro atoms. The summed E-state index contributed by atoms with van der Waals surface area (Å²) in [6, 6.07) is 1.67. The fourth-order valence-electron chi connectivity index (χ4n) is 2.35. The van der Waals surface area contributed by atoms with E-state index in [1.54, 1.807) is 0 Å². The Kier molecular flexibility index (Phi) is 6.10. The molecule has 1 aromatic carbocycles. The van der Waals surface area contributed by atoms with E-state index in [9.17, 15) is 17.2 Å². The summed E-state index contributed by atoms with van der Waals surface area (Å²) in [7, 11) is -3.99. The van der Waals surface area contributed by atoms with Crippen molar-refractivity contribution in [1.82, 2.24) is 4.31 Å². The second-order valence-corrected chi connectivity index (χ2v) is 7.02. The van der Waals surface area contributed by atoms with Crippen LogP contribution < -0.4 is 5.73 Å². The van der Waals surface area contributed by atoms with Gasteiger partial charge in [-0.1, -0.05) is 0 Å². The van der Waals surface area contributed by atoms with Crippen LogP contribution in [0.3, 0.4) is 0 Å². The van der Waals surface area contributed by atoms with Gasteiger partial charge in [0.25, 0.3) is 0 Å². The first-order valence-electron chi connectivity index (χ1n) is 6.52. The molecule has 0 bridgehead atoms. The van der Waals surface area contributed by atoms with E-state index in [4.69, 9.17) is 5.73 Å². The predicted molar refractivity (Wildman–Crippen MR) is 78.9 cm³/mol. The maximum absolute atomic E-state index is 13.8. The van der Waals surface area contributed by atoms with E-state index in [0.717, 1.165) is 12.1 Å². The van der Waals surface area contributed by atoms with Crippen LogP contribution in [0.15, 0.2) is 17.0 Å². The van der Waals surface area contributed by atoms with Crippen LogP contribution in [0.4, 0.5) is 8.78 Å². The number of benzene rings is 1. The summed E-state index contributed by atoms with van der Waals surface area (Å²) < 4.78 is 53.2. The smallest absolute Gasteiger partial charge is 0.246 e. The fraction of sp³-hybridized carbons (Fsp3) is 0.538. The molecule has 1 aromatic rings. The largest absolute Gasteiger partial charge is 0.330 e. The average Bonchev–Trinajstić information content (AvgIpc) is 2.42. The van der Waals surface area contributed by atoms with Crippen molar-refractivity contribution in [3.05, 3.63) is 29.3 Å². The van der Waals surface area contributed by atoms with E-state index >= 15 is 0 Å². The summed E-state index contributed by atoms with van der Waals surface area (Å²) in [5.74, 6) is -1.34. The molecule has 1 aliphatic rings. The first kappa shape index (κ1) is 18.3. The SMILES string of the molecule is Cc1cc(F)c(S(=O)(=O)N2CCC(CN)CC2)cc1F.Cl. The maximum Gasteiger partial charge on any atom is 0.246 e. The number of hydrogen-bond acceptors (Lipinski definition) is 3. The molecule has 0 amide bonds. The number of nitrogens with two attached hydrogens (primary N) is 1. The first-order chi connectivity index (χ1) is 9.36. The van der Waals surface area contributed by atoms with Gasteiger partial charge >= 0.3 is 0 Å². The Morgan fingerprint density at radius 1 is 1.24 bits per heavy atom. The van der Waals surface area contributed by atoms with Crippen molar-refractivity contribution >= 4 is 22.4 Å². The van der Waals surface area contributed by atoms with Crippen molar-refractivity contribution in [2.24, 2.45) is 11.7 Å². The van der Waals surface area contributed by atoms with Gasteiger partial charge in [-0.25, -0.2) is 17.2 Å². The molecule has 1 fully saturated rings. The van der Waals surface area contributed by atoms with Gasteiger partial charge in [-0.2, -0.15) is 4.31 Å². The number of rotatable bonds is 3. The van der Waals surface area contributed by atoms with Crippen molar-refractivity contribution in [3.63, 3.8) is 0 Å². The highest BCUT2D eigenvalue weighted by molar-refractivity contribution is 7.89. The van der Waals surface area contributed by atoms with Gasteiger partial charge in [0.1, 0.15) is 16.5 Å². The van der Waals surface area contributed by atoms with Crippen molar-refractivity contribution in [2.45, 2.75) is 24.7 Å². The number of sulfonamides is 1. The summed E-state index contributed by atoms with van der Waals surface area (Å²) >= 11 is 0. The number of piperidine rings is 1. The lowest BCUT2D eigenvalue weighted by molar-refractivity contribution is 0.277. The maximum atomic E-state index is 13.8. The minimum Gasteiger partial charge on any atom is -0.330 e. The van der Waals surface area contributed by atoms with Crippen LogP contribution in [0.5, 0.6) is 0 Å². The van der Waals surface area contributed by atoms with Gasteiger partial charge in [-0.05, 0) is 49.9 Å². The molecule has 1 aliphatic heterocycles. The average molecular weight is 341 g/mol. The Bertz CT molecular complexity index is 602. The van der Waals surface area contributed by atoms with Gasteiger partial charge in [0.2, 0.25) is 10.0 Å². The Hall–Kier alpha value is -0.760. The molecule has 21 heavy (non-hydrogen) atoms. The molecule has 0 atom stereocenters. The van der Waals surface area contributed by atoms with Crippen LogP contribution in [0.25, 0.3) is 0 Å². The van der Waals surface area contributed by atoms with E-state index in [2.05, 4.69) is 0 Å². The van der Waals surface area contributed by atoms with Gasteiger partial charge in [-0.3, -0.25) is 0 Å². The van der Waals surface area contributed by atoms with Crippen molar-refractivity contribution in [2.75, 3.05) is 19.6 Å². The molecule has 1 saturated heterocycles. The molecule has 0 saturated carbocycles. The summed E-state index contributed by atoms with van der Waals surface area (Å²) in [5.41, 5.74) is 5.64. The lowest BCUT2D eigenvalue weighted by Gasteiger charge is -2.30. The standard InChI is InChI=1S/C13H18F2N2O2S.ClH/c1-9-6-12(15)13(7-11(9)14)20(18,19)17-4-2-10(8-16)3-5-17;/h6-7,10H,2-5,8,16H2,1H3;1H. The molecular formula is C13H19ClF2N2O2S. The zero-order valence-electron chi connectivity index (χ0n) is 11.7. The monoisotopic (exact) mass is 340 g/mol. The van der Waals surface area contributed by atoms with Crippen molar-refractivity contribution in [3.8, 4) is 0 Å². The minimum absolute atomic E-state index is 0. The molecule has 4 nitrogen and oxygen atoms in total.